The first-order chi connectivity index (χ1) is 13.0. The fourth-order valence-corrected chi connectivity index (χ4v) is 4.51. The summed E-state index contributed by atoms with van der Waals surface area (Å²) in [7, 11) is 1.61. The number of hydrogen-bond acceptors (Lipinski definition) is 4. The Bertz CT molecular complexity index is 788. The van der Waals surface area contributed by atoms with Gasteiger partial charge >= 0.3 is 0 Å². The molecule has 0 radical (unpaired) electrons. The number of nitrogens with one attached hydrogen (secondary N) is 1. The fraction of sp³-hybridized carbons (Fsp3) is 0.429. The lowest BCUT2D eigenvalue weighted by molar-refractivity contribution is -0.124. The number of ether oxygens (including phenoxy) is 1. The van der Waals surface area contributed by atoms with Gasteiger partial charge in [0.2, 0.25) is 5.91 Å². The molecule has 1 aromatic carbocycles. The first-order valence-electron chi connectivity index (χ1n) is 9.24. The molecule has 2 atom stereocenters. The van der Waals surface area contributed by atoms with E-state index in [1.165, 1.54) is 0 Å². The maximum atomic E-state index is 13.3. The van der Waals surface area contributed by atoms with Crippen molar-refractivity contribution in [2.45, 2.75) is 25.8 Å². The fourth-order valence-electron chi connectivity index (χ4n) is 3.63. The number of nitrogens with zero attached hydrogens (tertiary/aromatic N) is 1. The minimum atomic E-state index is -0.437. The molecule has 0 saturated heterocycles. The Balaban J connectivity index is 2.08. The third kappa shape index (κ3) is 4.06. The van der Waals surface area contributed by atoms with Gasteiger partial charge in [0.05, 0.1) is 18.6 Å². The smallest absolute Gasteiger partial charge is 0.254 e. The van der Waals surface area contributed by atoms with E-state index in [2.05, 4.69) is 19.2 Å². The summed E-state index contributed by atoms with van der Waals surface area (Å²) >= 11 is 1.59. The maximum Gasteiger partial charge on any atom is 0.254 e. The molecule has 6 heteroatoms. The number of amides is 2. The molecule has 2 heterocycles. The second-order valence-corrected chi connectivity index (χ2v) is 8.14. The molecule has 1 aromatic heterocycles. The zero-order chi connectivity index (χ0) is 19.4. The highest BCUT2D eigenvalue weighted by atomic mass is 32.1. The third-order valence-electron chi connectivity index (χ3n) is 4.72. The maximum absolute atomic E-state index is 13.3. The Kier molecular flexibility index (Phi) is 6.29. The number of rotatable bonds is 7. The summed E-state index contributed by atoms with van der Waals surface area (Å²) in [5, 5.41) is 4.97. The van der Waals surface area contributed by atoms with Crippen LogP contribution in [0.4, 0.5) is 0 Å². The van der Waals surface area contributed by atoms with Gasteiger partial charge in [-0.25, -0.2) is 0 Å². The van der Waals surface area contributed by atoms with Gasteiger partial charge in [0.1, 0.15) is 0 Å². The molecule has 0 bridgehead atoms. The van der Waals surface area contributed by atoms with Crippen LogP contribution in [0.5, 0.6) is 0 Å². The molecule has 0 fully saturated rings. The molecule has 2 aromatic rings. The number of carbonyl (C=O) groups is 2. The molecule has 1 N–H and O–H groups in total. The van der Waals surface area contributed by atoms with Crippen molar-refractivity contribution in [3.8, 4) is 0 Å². The SMILES string of the molecule is COCCNC(=O)[C@@H]1c2ccccc2C(=O)N(CC(C)C)[C@H]1c1cccs1. The van der Waals surface area contributed by atoms with Gasteiger partial charge in [-0.2, -0.15) is 0 Å². The van der Waals surface area contributed by atoms with Crippen LogP contribution in [-0.2, 0) is 9.53 Å². The number of carbonyl (C=O) groups excluding carboxylic acids is 2. The zero-order valence-corrected chi connectivity index (χ0v) is 16.8. The molecule has 0 aliphatic carbocycles. The van der Waals surface area contributed by atoms with E-state index in [0.717, 1.165) is 10.4 Å². The second kappa shape index (κ2) is 8.67. The van der Waals surface area contributed by atoms with E-state index in [9.17, 15) is 9.59 Å². The predicted octanol–water partition coefficient (Wildman–Crippen LogP) is 3.45. The molecular weight excluding hydrogens is 360 g/mol. The molecular formula is C21H26N2O3S. The number of methoxy groups -OCH3 is 1. The van der Waals surface area contributed by atoms with E-state index in [1.807, 2.05) is 46.7 Å². The topological polar surface area (TPSA) is 58.6 Å². The van der Waals surface area contributed by atoms with Crippen molar-refractivity contribution in [1.82, 2.24) is 10.2 Å². The summed E-state index contributed by atoms with van der Waals surface area (Å²) in [6.45, 7) is 5.69. The standard InChI is InChI=1S/C21H26N2O3S/c1-14(2)13-23-19(17-9-6-12-27-17)18(20(24)22-10-11-26-3)15-7-4-5-8-16(15)21(23)25/h4-9,12,14,18-19H,10-11,13H2,1-3H3,(H,22,24)/t18-,19+/m1/s1. The van der Waals surface area contributed by atoms with Crippen molar-refractivity contribution >= 4 is 23.2 Å². The van der Waals surface area contributed by atoms with Crippen LogP contribution in [0.1, 0.15) is 46.6 Å². The van der Waals surface area contributed by atoms with E-state index >= 15 is 0 Å². The number of fused-ring (bicyclic) bond motifs is 1. The average Bonchev–Trinajstić information content (AvgIpc) is 3.18. The number of thiophene rings is 1. The van der Waals surface area contributed by atoms with Crippen molar-refractivity contribution in [1.29, 1.82) is 0 Å². The molecule has 1 aliphatic heterocycles. The molecule has 0 spiro atoms. The monoisotopic (exact) mass is 386 g/mol. The summed E-state index contributed by atoms with van der Waals surface area (Å²) in [5.41, 5.74) is 1.42. The summed E-state index contributed by atoms with van der Waals surface area (Å²) in [6, 6.07) is 11.2. The van der Waals surface area contributed by atoms with Crippen molar-refractivity contribution < 1.29 is 14.3 Å². The first kappa shape index (κ1) is 19.6. The van der Waals surface area contributed by atoms with Crippen molar-refractivity contribution in [2.75, 3.05) is 26.8 Å². The van der Waals surface area contributed by atoms with E-state index in [0.29, 0.717) is 31.2 Å². The van der Waals surface area contributed by atoms with Gasteiger partial charge in [0, 0.05) is 30.6 Å². The Morgan fingerprint density at radius 1 is 1.26 bits per heavy atom. The van der Waals surface area contributed by atoms with Crippen molar-refractivity contribution in [3.63, 3.8) is 0 Å². The van der Waals surface area contributed by atoms with Crippen molar-refractivity contribution in [2.24, 2.45) is 5.92 Å². The van der Waals surface area contributed by atoms with Crippen LogP contribution >= 0.6 is 11.3 Å². The highest BCUT2D eigenvalue weighted by molar-refractivity contribution is 7.10. The minimum absolute atomic E-state index is 0.00126. The lowest BCUT2D eigenvalue weighted by Crippen LogP contribution is -2.48. The lowest BCUT2D eigenvalue weighted by atomic mass is 9.81. The molecule has 0 unspecified atom stereocenters. The Morgan fingerprint density at radius 2 is 2.04 bits per heavy atom. The molecule has 144 valence electrons. The number of benzene rings is 1. The van der Waals surface area contributed by atoms with Gasteiger partial charge in [0.25, 0.3) is 5.91 Å². The van der Waals surface area contributed by atoms with Crippen LogP contribution in [0.3, 0.4) is 0 Å². The summed E-state index contributed by atoms with van der Waals surface area (Å²) in [4.78, 5) is 29.4. The Hall–Kier alpha value is -2.18. The number of hydrogen-bond donors (Lipinski definition) is 1. The van der Waals surface area contributed by atoms with E-state index in [4.69, 9.17) is 4.74 Å². The van der Waals surface area contributed by atoms with E-state index in [1.54, 1.807) is 18.4 Å². The van der Waals surface area contributed by atoms with Gasteiger partial charge in [-0.1, -0.05) is 38.1 Å². The normalized spacial score (nSPS) is 19.3. The van der Waals surface area contributed by atoms with Gasteiger partial charge < -0.3 is 15.0 Å². The highest BCUT2D eigenvalue weighted by Gasteiger charge is 2.44. The first-order valence-corrected chi connectivity index (χ1v) is 10.1. The third-order valence-corrected chi connectivity index (χ3v) is 5.67. The van der Waals surface area contributed by atoms with Crippen LogP contribution in [-0.4, -0.2) is 43.5 Å². The van der Waals surface area contributed by atoms with Crippen LogP contribution in [0.15, 0.2) is 41.8 Å². The average molecular weight is 387 g/mol. The van der Waals surface area contributed by atoms with Crippen LogP contribution < -0.4 is 5.32 Å². The zero-order valence-electron chi connectivity index (χ0n) is 16.0. The van der Waals surface area contributed by atoms with Gasteiger partial charge in [0.15, 0.2) is 0 Å². The Morgan fingerprint density at radius 3 is 2.70 bits per heavy atom. The van der Waals surface area contributed by atoms with E-state index in [-0.39, 0.29) is 17.9 Å². The molecule has 27 heavy (non-hydrogen) atoms. The van der Waals surface area contributed by atoms with Crippen LogP contribution in [0, 0.1) is 5.92 Å². The molecule has 5 nitrogen and oxygen atoms in total. The largest absolute Gasteiger partial charge is 0.383 e. The Labute approximate surface area is 164 Å². The molecule has 0 saturated carbocycles. The quantitative estimate of drug-likeness (QED) is 0.742. The molecule has 1 aliphatic rings. The van der Waals surface area contributed by atoms with Gasteiger partial charge in [-0.3, -0.25) is 9.59 Å². The van der Waals surface area contributed by atoms with Gasteiger partial charge in [-0.05, 0) is 29.0 Å². The van der Waals surface area contributed by atoms with Crippen LogP contribution in [0.25, 0.3) is 0 Å². The molecule has 2 amide bonds. The van der Waals surface area contributed by atoms with Crippen molar-refractivity contribution in [3.05, 3.63) is 57.8 Å². The second-order valence-electron chi connectivity index (χ2n) is 7.16. The lowest BCUT2D eigenvalue weighted by Gasteiger charge is -2.42. The van der Waals surface area contributed by atoms with E-state index < -0.39 is 5.92 Å². The van der Waals surface area contributed by atoms with Crippen LogP contribution in [0.2, 0.25) is 0 Å². The minimum Gasteiger partial charge on any atom is -0.383 e. The highest BCUT2D eigenvalue weighted by Crippen LogP contribution is 2.44. The van der Waals surface area contributed by atoms with Gasteiger partial charge in [-0.15, -0.1) is 11.3 Å². The summed E-state index contributed by atoms with van der Waals surface area (Å²) < 4.78 is 5.06. The summed E-state index contributed by atoms with van der Waals surface area (Å²) in [5.74, 6) is -0.204. The predicted molar refractivity (Wildman–Crippen MR) is 107 cm³/mol. The molecule has 3 rings (SSSR count). The summed E-state index contributed by atoms with van der Waals surface area (Å²) in [6.07, 6.45) is 0.